The fourth-order valence-electron chi connectivity index (χ4n) is 3.16. The van der Waals surface area contributed by atoms with Crippen LogP contribution in [0.15, 0.2) is 0 Å². The molecule has 3 nitrogen and oxygen atoms in total. The molecule has 3 unspecified atom stereocenters. The molecular formula is C14H27NO2. The van der Waals surface area contributed by atoms with E-state index in [-0.39, 0.29) is 0 Å². The molecule has 0 bridgehead atoms. The normalized spacial score (nSPS) is 39.0. The van der Waals surface area contributed by atoms with Crippen molar-refractivity contribution < 1.29 is 9.47 Å². The largest absolute Gasteiger partial charge is 0.381 e. The maximum atomic E-state index is 6.16. The summed E-state index contributed by atoms with van der Waals surface area (Å²) < 4.78 is 11.5. The fraction of sp³-hybridized carbons (Fsp3) is 1.00. The summed E-state index contributed by atoms with van der Waals surface area (Å²) in [6.07, 6.45) is 5.16. The molecule has 0 radical (unpaired) electrons. The summed E-state index contributed by atoms with van der Waals surface area (Å²) >= 11 is 0. The minimum absolute atomic E-state index is 0.333. The Kier molecular flexibility index (Phi) is 4.45. The van der Waals surface area contributed by atoms with Gasteiger partial charge < -0.3 is 14.8 Å². The third kappa shape index (κ3) is 2.67. The summed E-state index contributed by atoms with van der Waals surface area (Å²) in [6.45, 7) is 7.40. The highest BCUT2D eigenvalue weighted by Gasteiger charge is 2.50. The second-order valence-electron chi connectivity index (χ2n) is 5.81. The Bertz CT molecular complexity index is 240. The molecule has 1 saturated heterocycles. The van der Waals surface area contributed by atoms with E-state index in [1.165, 1.54) is 25.7 Å². The highest BCUT2D eigenvalue weighted by atomic mass is 16.5. The van der Waals surface area contributed by atoms with E-state index in [0.717, 1.165) is 25.7 Å². The number of hydrogen-bond acceptors (Lipinski definition) is 3. The van der Waals surface area contributed by atoms with Crippen LogP contribution in [0, 0.1) is 11.3 Å². The van der Waals surface area contributed by atoms with Gasteiger partial charge in [-0.25, -0.2) is 0 Å². The van der Waals surface area contributed by atoms with Crippen LogP contribution in [0.2, 0.25) is 0 Å². The van der Waals surface area contributed by atoms with E-state index >= 15 is 0 Å². The molecule has 0 aromatic rings. The van der Waals surface area contributed by atoms with Gasteiger partial charge >= 0.3 is 0 Å². The molecule has 2 rings (SSSR count). The van der Waals surface area contributed by atoms with Gasteiger partial charge in [0.15, 0.2) is 0 Å². The Morgan fingerprint density at radius 1 is 1.35 bits per heavy atom. The molecule has 3 atom stereocenters. The number of ether oxygens (including phenoxy) is 2. The van der Waals surface area contributed by atoms with Gasteiger partial charge in [0.1, 0.15) is 0 Å². The van der Waals surface area contributed by atoms with E-state index in [2.05, 4.69) is 26.2 Å². The van der Waals surface area contributed by atoms with E-state index in [4.69, 9.17) is 9.47 Å². The lowest BCUT2D eigenvalue weighted by Gasteiger charge is -2.53. The first-order chi connectivity index (χ1) is 8.20. The highest BCUT2D eigenvalue weighted by Crippen LogP contribution is 2.45. The lowest BCUT2D eigenvalue weighted by atomic mass is 9.61. The Labute approximate surface area is 105 Å². The van der Waals surface area contributed by atoms with Gasteiger partial charge in [-0.1, -0.05) is 13.8 Å². The third-order valence-electron chi connectivity index (χ3n) is 4.97. The van der Waals surface area contributed by atoms with E-state index in [0.29, 0.717) is 17.6 Å². The van der Waals surface area contributed by atoms with Crippen LogP contribution >= 0.6 is 0 Å². The predicted molar refractivity (Wildman–Crippen MR) is 69.1 cm³/mol. The average molecular weight is 241 g/mol. The Hall–Kier alpha value is -0.120. The second kappa shape index (κ2) is 5.68. The first-order valence-corrected chi connectivity index (χ1v) is 7.07. The van der Waals surface area contributed by atoms with Gasteiger partial charge in [0, 0.05) is 31.3 Å². The van der Waals surface area contributed by atoms with Gasteiger partial charge in [0.25, 0.3) is 0 Å². The fourth-order valence-corrected chi connectivity index (χ4v) is 3.16. The van der Waals surface area contributed by atoms with Crippen molar-refractivity contribution in [2.75, 3.05) is 26.9 Å². The quantitative estimate of drug-likeness (QED) is 0.800. The average Bonchev–Trinajstić information content (AvgIpc) is 2.38. The lowest BCUT2D eigenvalue weighted by molar-refractivity contribution is -0.140. The molecule has 2 fully saturated rings. The van der Waals surface area contributed by atoms with Crippen LogP contribution in [0.1, 0.15) is 39.5 Å². The number of rotatable bonds is 5. The molecule has 0 amide bonds. The molecule has 2 aliphatic rings. The summed E-state index contributed by atoms with van der Waals surface area (Å²) in [5.74, 6) is 0.721. The number of hydrogen-bond donors (Lipinski definition) is 1. The lowest BCUT2D eigenvalue weighted by Crippen LogP contribution is -2.61. The van der Waals surface area contributed by atoms with Crippen LogP contribution < -0.4 is 5.32 Å². The zero-order valence-corrected chi connectivity index (χ0v) is 11.5. The van der Waals surface area contributed by atoms with Gasteiger partial charge in [-0.3, -0.25) is 0 Å². The van der Waals surface area contributed by atoms with Gasteiger partial charge in [0.2, 0.25) is 0 Å². The molecule has 1 aliphatic heterocycles. The van der Waals surface area contributed by atoms with Crippen LogP contribution in [0.25, 0.3) is 0 Å². The third-order valence-corrected chi connectivity index (χ3v) is 4.97. The molecule has 1 N–H and O–H groups in total. The van der Waals surface area contributed by atoms with Crippen molar-refractivity contribution in [1.29, 1.82) is 0 Å². The maximum Gasteiger partial charge on any atom is 0.0658 e. The summed E-state index contributed by atoms with van der Waals surface area (Å²) in [6, 6.07) is 0.632. The summed E-state index contributed by atoms with van der Waals surface area (Å²) in [4.78, 5) is 0. The second-order valence-corrected chi connectivity index (χ2v) is 5.81. The molecule has 1 aliphatic carbocycles. The van der Waals surface area contributed by atoms with Crippen molar-refractivity contribution in [2.45, 2.75) is 51.7 Å². The first kappa shape index (κ1) is 13.3. The van der Waals surface area contributed by atoms with Gasteiger partial charge in [-0.15, -0.1) is 0 Å². The summed E-state index contributed by atoms with van der Waals surface area (Å²) in [7, 11) is 2.06. The van der Waals surface area contributed by atoms with Crippen molar-refractivity contribution in [3.8, 4) is 0 Å². The van der Waals surface area contributed by atoms with Gasteiger partial charge in [-0.2, -0.15) is 0 Å². The molecule has 1 heterocycles. The van der Waals surface area contributed by atoms with Crippen LogP contribution in [-0.2, 0) is 9.47 Å². The van der Waals surface area contributed by atoms with E-state index in [1.54, 1.807) is 0 Å². The predicted octanol–water partition coefficient (Wildman–Crippen LogP) is 2.21. The Morgan fingerprint density at radius 2 is 2.06 bits per heavy atom. The maximum absolute atomic E-state index is 6.16. The highest BCUT2D eigenvalue weighted by molar-refractivity contribution is 5.04. The molecule has 17 heavy (non-hydrogen) atoms. The molecule has 0 aromatic carbocycles. The Morgan fingerprint density at radius 3 is 2.65 bits per heavy atom. The minimum atomic E-state index is 0.333. The Balaban J connectivity index is 1.76. The van der Waals surface area contributed by atoms with E-state index < -0.39 is 0 Å². The van der Waals surface area contributed by atoms with Crippen molar-refractivity contribution in [3.05, 3.63) is 0 Å². The molecule has 100 valence electrons. The van der Waals surface area contributed by atoms with Crippen molar-refractivity contribution in [1.82, 2.24) is 5.32 Å². The summed E-state index contributed by atoms with van der Waals surface area (Å²) in [5.41, 5.74) is 0.333. The van der Waals surface area contributed by atoms with Gasteiger partial charge in [0.05, 0.1) is 6.10 Å². The SMILES string of the molecule is CCC1(C)C(NC)CC1OCC1CCOCC1. The first-order valence-electron chi connectivity index (χ1n) is 7.07. The van der Waals surface area contributed by atoms with E-state index in [9.17, 15) is 0 Å². The minimum Gasteiger partial charge on any atom is -0.381 e. The molecular weight excluding hydrogens is 214 g/mol. The van der Waals surface area contributed by atoms with Gasteiger partial charge in [-0.05, 0) is 38.6 Å². The molecule has 3 heteroatoms. The van der Waals surface area contributed by atoms with Crippen LogP contribution in [0.4, 0.5) is 0 Å². The van der Waals surface area contributed by atoms with Crippen LogP contribution in [0.5, 0.6) is 0 Å². The van der Waals surface area contributed by atoms with Crippen LogP contribution in [-0.4, -0.2) is 39.0 Å². The van der Waals surface area contributed by atoms with Crippen LogP contribution in [0.3, 0.4) is 0 Å². The standard InChI is InChI=1S/C14H27NO2/c1-4-14(2)12(15-3)9-13(14)17-10-11-5-7-16-8-6-11/h11-13,15H,4-10H2,1-3H3. The van der Waals surface area contributed by atoms with Crippen molar-refractivity contribution in [2.24, 2.45) is 11.3 Å². The topological polar surface area (TPSA) is 30.5 Å². The van der Waals surface area contributed by atoms with Crippen molar-refractivity contribution >= 4 is 0 Å². The zero-order chi connectivity index (χ0) is 12.3. The molecule has 0 spiro atoms. The zero-order valence-electron chi connectivity index (χ0n) is 11.5. The molecule has 0 aromatic heterocycles. The smallest absolute Gasteiger partial charge is 0.0658 e. The summed E-state index contributed by atoms with van der Waals surface area (Å²) in [5, 5.41) is 3.41. The molecule has 1 saturated carbocycles. The van der Waals surface area contributed by atoms with E-state index in [1.807, 2.05) is 0 Å². The monoisotopic (exact) mass is 241 g/mol. The van der Waals surface area contributed by atoms with Crippen molar-refractivity contribution in [3.63, 3.8) is 0 Å². The number of nitrogens with one attached hydrogen (secondary N) is 1.